The van der Waals surface area contributed by atoms with Crippen molar-refractivity contribution in [1.82, 2.24) is 10.8 Å². The maximum atomic E-state index is 11.1. The molecule has 6 nitrogen and oxygen atoms in total. The van der Waals surface area contributed by atoms with Gasteiger partial charge in [-0.05, 0) is 5.92 Å². The Morgan fingerprint density at radius 3 is 2.23 bits per heavy atom. The molecule has 0 saturated carbocycles. The zero-order valence-corrected chi connectivity index (χ0v) is 7.83. The number of ether oxygens (including phenoxy) is 1. The molecule has 1 atom stereocenters. The average Bonchev–Trinajstić information content (AvgIpc) is 2.11. The van der Waals surface area contributed by atoms with Gasteiger partial charge in [-0.1, -0.05) is 13.8 Å². The van der Waals surface area contributed by atoms with Crippen molar-refractivity contribution in [1.29, 1.82) is 0 Å². The standard InChI is InChI=1S/C7H14N2O4/c1-4(2)5(6(10)13-3)8-7(11)9-12/h4-5,12H,1-3H3,(H2,8,9,11)/t5-/m0/s1. The van der Waals surface area contributed by atoms with Crippen LogP contribution in [0.4, 0.5) is 4.79 Å². The summed E-state index contributed by atoms with van der Waals surface area (Å²) in [6.45, 7) is 3.50. The lowest BCUT2D eigenvalue weighted by Crippen LogP contribution is -2.48. The van der Waals surface area contributed by atoms with Gasteiger partial charge in [-0.15, -0.1) is 0 Å². The molecule has 0 aliphatic carbocycles. The van der Waals surface area contributed by atoms with Crippen LogP contribution in [0.5, 0.6) is 0 Å². The summed E-state index contributed by atoms with van der Waals surface area (Å²) in [7, 11) is 1.23. The highest BCUT2D eigenvalue weighted by atomic mass is 16.5. The second kappa shape index (κ2) is 5.36. The highest BCUT2D eigenvalue weighted by Gasteiger charge is 2.24. The summed E-state index contributed by atoms with van der Waals surface area (Å²) >= 11 is 0. The van der Waals surface area contributed by atoms with Gasteiger partial charge in [-0.2, -0.15) is 0 Å². The van der Waals surface area contributed by atoms with E-state index < -0.39 is 18.0 Å². The molecule has 0 heterocycles. The number of hydrogen-bond donors (Lipinski definition) is 3. The number of methoxy groups -OCH3 is 1. The Bertz CT molecular complexity index is 193. The van der Waals surface area contributed by atoms with Crippen molar-refractivity contribution in [2.24, 2.45) is 5.92 Å². The van der Waals surface area contributed by atoms with E-state index >= 15 is 0 Å². The normalized spacial score (nSPS) is 12.1. The Labute approximate surface area is 76.2 Å². The molecule has 0 aliphatic heterocycles. The highest BCUT2D eigenvalue weighted by Crippen LogP contribution is 2.02. The van der Waals surface area contributed by atoms with E-state index in [1.54, 1.807) is 13.8 Å². The second-order valence-corrected chi connectivity index (χ2v) is 2.83. The third-order valence-electron chi connectivity index (χ3n) is 1.51. The Balaban J connectivity index is 4.26. The van der Waals surface area contributed by atoms with Crippen molar-refractivity contribution in [2.75, 3.05) is 7.11 Å². The van der Waals surface area contributed by atoms with Crippen LogP contribution in [0.25, 0.3) is 0 Å². The summed E-state index contributed by atoms with van der Waals surface area (Å²) in [4.78, 5) is 21.7. The summed E-state index contributed by atoms with van der Waals surface area (Å²) in [5.74, 6) is -0.650. The van der Waals surface area contributed by atoms with Crippen LogP contribution in [-0.2, 0) is 9.53 Å². The predicted molar refractivity (Wildman–Crippen MR) is 44.1 cm³/mol. The predicted octanol–water partition coefficient (Wildman–Crippen LogP) is -0.128. The van der Waals surface area contributed by atoms with E-state index in [9.17, 15) is 9.59 Å². The molecule has 0 bridgehead atoms. The number of hydroxylamine groups is 1. The van der Waals surface area contributed by atoms with Crippen LogP contribution in [-0.4, -0.2) is 30.4 Å². The van der Waals surface area contributed by atoms with Crippen LogP contribution in [0.1, 0.15) is 13.8 Å². The summed E-state index contributed by atoms with van der Waals surface area (Å²) in [5.41, 5.74) is 1.37. The molecular formula is C7H14N2O4. The molecule has 0 aliphatic rings. The minimum absolute atomic E-state index is 0.107. The number of amides is 2. The maximum absolute atomic E-state index is 11.1. The monoisotopic (exact) mass is 190 g/mol. The molecule has 0 rings (SSSR count). The first kappa shape index (κ1) is 11.7. The van der Waals surface area contributed by atoms with Crippen molar-refractivity contribution in [3.8, 4) is 0 Å². The molecule has 0 unspecified atom stereocenters. The lowest BCUT2D eigenvalue weighted by molar-refractivity contribution is -0.144. The van der Waals surface area contributed by atoms with Crippen molar-refractivity contribution in [2.45, 2.75) is 19.9 Å². The Morgan fingerprint density at radius 2 is 1.92 bits per heavy atom. The van der Waals surface area contributed by atoms with E-state index in [2.05, 4.69) is 10.1 Å². The Hall–Kier alpha value is -1.30. The van der Waals surface area contributed by atoms with Gasteiger partial charge in [0.25, 0.3) is 0 Å². The topological polar surface area (TPSA) is 87.7 Å². The van der Waals surface area contributed by atoms with E-state index in [0.29, 0.717) is 0 Å². The minimum Gasteiger partial charge on any atom is -0.467 e. The number of esters is 1. The van der Waals surface area contributed by atoms with E-state index in [1.807, 2.05) is 0 Å². The van der Waals surface area contributed by atoms with E-state index in [0.717, 1.165) is 0 Å². The largest absolute Gasteiger partial charge is 0.467 e. The molecule has 0 aromatic carbocycles. The highest BCUT2D eigenvalue weighted by molar-refractivity contribution is 5.83. The van der Waals surface area contributed by atoms with Gasteiger partial charge in [0.2, 0.25) is 0 Å². The first-order valence-electron chi connectivity index (χ1n) is 3.81. The zero-order chi connectivity index (χ0) is 10.4. The molecule has 0 spiro atoms. The van der Waals surface area contributed by atoms with Crippen LogP contribution in [0.15, 0.2) is 0 Å². The summed E-state index contributed by atoms with van der Waals surface area (Å²) in [6, 6.07) is -1.58. The first-order chi connectivity index (χ1) is 6.02. The lowest BCUT2D eigenvalue weighted by Gasteiger charge is -2.18. The number of rotatable bonds is 3. The first-order valence-corrected chi connectivity index (χ1v) is 3.81. The Kier molecular flexibility index (Phi) is 4.83. The number of hydrogen-bond acceptors (Lipinski definition) is 4. The molecule has 13 heavy (non-hydrogen) atoms. The Morgan fingerprint density at radius 1 is 1.38 bits per heavy atom. The van der Waals surface area contributed by atoms with Gasteiger partial charge in [-0.25, -0.2) is 15.1 Å². The van der Waals surface area contributed by atoms with Gasteiger partial charge in [-0.3, -0.25) is 5.21 Å². The number of carbonyl (C=O) groups is 2. The van der Waals surface area contributed by atoms with Gasteiger partial charge in [0.05, 0.1) is 7.11 Å². The second-order valence-electron chi connectivity index (χ2n) is 2.83. The summed E-state index contributed by atoms with van der Waals surface area (Å²) in [6.07, 6.45) is 0. The van der Waals surface area contributed by atoms with Crippen LogP contribution in [0.3, 0.4) is 0 Å². The fourth-order valence-corrected chi connectivity index (χ4v) is 0.798. The van der Waals surface area contributed by atoms with E-state index in [4.69, 9.17) is 5.21 Å². The minimum atomic E-state index is -0.830. The smallest absolute Gasteiger partial charge is 0.339 e. The molecule has 3 N–H and O–H groups in total. The summed E-state index contributed by atoms with van der Waals surface area (Å²) < 4.78 is 4.46. The van der Waals surface area contributed by atoms with Crippen LogP contribution in [0, 0.1) is 5.92 Å². The third kappa shape index (κ3) is 3.75. The van der Waals surface area contributed by atoms with Gasteiger partial charge in [0.15, 0.2) is 0 Å². The number of urea groups is 1. The molecular weight excluding hydrogens is 176 g/mol. The fourth-order valence-electron chi connectivity index (χ4n) is 0.798. The SMILES string of the molecule is COC(=O)[C@@H](NC(=O)NO)C(C)C. The molecule has 0 fully saturated rings. The van der Waals surface area contributed by atoms with Gasteiger partial charge >= 0.3 is 12.0 Å². The maximum Gasteiger partial charge on any atom is 0.339 e. The average molecular weight is 190 g/mol. The molecule has 2 amide bonds. The summed E-state index contributed by atoms with van der Waals surface area (Å²) in [5, 5.41) is 10.4. The van der Waals surface area contributed by atoms with Crippen molar-refractivity contribution in [3.05, 3.63) is 0 Å². The molecule has 0 radical (unpaired) electrons. The molecule has 0 saturated heterocycles. The molecule has 0 aromatic heterocycles. The molecule has 6 heteroatoms. The van der Waals surface area contributed by atoms with Crippen LogP contribution < -0.4 is 10.8 Å². The van der Waals surface area contributed by atoms with Crippen molar-refractivity contribution < 1.29 is 19.5 Å². The fraction of sp³-hybridized carbons (Fsp3) is 0.714. The zero-order valence-electron chi connectivity index (χ0n) is 7.83. The molecule has 76 valence electrons. The van der Waals surface area contributed by atoms with Crippen LogP contribution >= 0.6 is 0 Å². The number of carbonyl (C=O) groups excluding carboxylic acids is 2. The number of nitrogens with one attached hydrogen (secondary N) is 2. The molecule has 0 aromatic rings. The van der Waals surface area contributed by atoms with E-state index in [-0.39, 0.29) is 5.92 Å². The van der Waals surface area contributed by atoms with Crippen molar-refractivity contribution >= 4 is 12.0 Å². The van der Waals surface area contributed by atoms with Gasteiger partial charge in [0.1, 0.15) is 6.04 Å². The van der Waals surface area contributed by atoms with Gasteiger partial charge < -0.3 is 10.1 Å². The quantitative estimate of drug-likeness (QED) is 0.328. The van der Waals surface area contributed by atoms with Gasteiger partial charge in [0, 0.05) is 0 Å². The third-order valence-corrected chi connectivity index (χ3v) is 1.51. The van der Waals surface area contributed by atoms with Crippen molar-refractivity contribution in [3.63, 3.8) is 0 Å². The van der Waals surface area contributed by atoms with Crippen LogP contribution in [0.2, 0.25) is 0 Å². The lowest BCUT2D eigenvalue weighted by atomic mass is 10.1. The van der Waals surface area contributed by atoms with E-state index in [1.165, 1.54) is 12.6 Å².